The molecule has 0 heterocycles. The molecule has 0 radical (unpaired) electrons. The number of anilines is 1. The lowest BCUT2D eigenvalue weighted by Crippen LogP contribution is -2.30. The topological polar surface area (TPSA) is 50.4 Å². The van der Waals surface area contributed by atoms with Gasteiger partial charge in [0.15, 0.2) is 0 Å². The van der Waals surface area contributed by atoms with Crippen molar-refractivity contribution in [3.63, 3.8) is 0 Å². The van der Waals surface area contributed by atoms with E-state index in [-0.39, 0.29) is 12.5 Å². The number of nitrogens with one attached hydrogen (secondary N) is 2. The second-order valence-corrected chi connectivity index (χ2v) is 5.81. The number of ether oxygens (including phenoxy) is 1. The molecule has 0 aliphatic heterocycles. The summed E-state index contributed by atoms with van der Waals surface area (Å²) in [5.41, 5.74) is 2.17. The fraction of sp³-hybridized carbons (Fsp3) is 0.471. The molecule has 22 heavy (non-hydrogen) atoms. The lowest BCUT2D eigenvalue weighted by atomic mass is 9.97. The van der Waals surface area contributed by atoms with Gasteiger partial charge in [0.2, 0.25) is 5.91 Å². The molecule has 1 amide bonds. The summed E-state index contributed by atoms with van der Waals surface area (Å²) in [7, 11) is 1.60. The molecule has 0 saturated carbocycles. The van der Waals surface area contributed by atoms with Crippen molar-refractivity contribution in [3.8, 4) is 5.75 Å². The minimum absolute atomic E-state index is 0.0321. The number of rotatable bonds is 7. The van der Waals surface area contributed by atoms with Crippen LogP contribution in [-0.2, 0) is 4.79 Å². The average molecular weight is 323 g/mol. The van der Waals surface area contributed by atoms with E-state index in [4.69, 9.17) is 16.3 Å². The zero-order valence-electron chi connectivity index (χ0n) is 13.0. The number of carbonyl (C=O) groups excluding carboxylic acids is 1. The fourth-order valence-electron chi connectivity index (χ4n) is 2.50. The maximum Gasteiger partial charge on any atom is 0.239 e. The molecular formula is C17H23ClN2O2. The van der Waals surface area contributed by atoms with Crippen LogP contribution < -0.4 is 15.4 Å². The van der Waals surface area contributed by atoms with E-state index in [1.165, 1.54) is 31.3 Å². The third kappa shape index (κ3) is 5.26. The van der Waals surface area contributed by atoms with Crippen molar-refractivity contribution in [1.29, 1.82) is 0 Å². The van der Waals surface area contributed by atoms with Crippen LogP contribution in [0.25, 0.3) is 0 Å². The highest BCUT2D eigenvalue weighted by atomic mass is 35.5. The van der Waals surface area contributed by atoms with E-state index in [2.05, 4.69) is 16.7 Å². The fourth-order valence-corrected chi connectivity index (χ4v) is 2.68. The molecule has 1 aromatic carbocycles. The van der Waals surface area contributed by atoms with Crippen LogP contribution in [0.3, 0.4) is 0 Å². The first-order valence-electron chi connectivity index (χ1n) is 7.71. The normalized spacial score (nSPS) is 14.2. The van der Waals surface area contributed by atoms with Crippen molar-refractivity contribution in [2.24, 2.45) is 0 Å². The quantitative estimate of drug-likeness (QED) is 0.751. The SMILES string of the molecule is COc1ccc(Cl)c(NCC(=O)NCCC2=CCCCC2)c1. The molecule has 0 aromatic heterocycles. The van der Waals surface area contributed by atoms with E-state index < -0.39 is 0 Å². The number of hydrogen-bond acceptors (Lipinski definition) is 3. The number of benzene rings is 1. The molecule has 0 saturated heterocycles. The second-order valence-electron chi connectivity index (χ2n) is 5.41. The van der Waals surface area contributed by atoms with Crippen LogP contribution in [0.15, 0.2) is 29.8 Å². The highest BCUT2D eigenvalue weighted by Gasteiger charge is 2.07. The molecule has 120 valence electrons. The van der Waals surface area contributed by atoms with Crippen molar-refractivity contribution in [3.05, 3.63) is 34.9 Å². The van der Waals surface area contributed by atoms with Gasteiger partial charge in [-0.1, -0.05) is 23.3 Å². The van der Waals surface area contributed by atoms with Gasteiger partial charge >= 0.3 is 0 Å². The molecule has 2 rings (SSSR count). The lowest BCUT2D eigenvalue weighted by Gasteiger charge is -2.13. The summed E-state index contributed by atoms with van der Waals surface area (Å²) in [6, 6.07) is 5.31. The number of halogens is 1. The second kappa shape index (κ2) is 8.69. The Morgan fingerprint density at radius 1 is 1.36 bits per heavy atom. The Labute approximate surface area is 136 Å². The minimum atomic E-state index is -0.0321. The van der Waals surface area contributed by atoms with E-state index in [9.17, 15) is 4.79 Å². The van der Waals surface area contributed by atoms with Crippen LogP contribution in [0, 0.1) is 0 Å². The maximum absolute atomic E-state index is 11.9. The van der Waals surface area contributed by atoms with Crippen LogP contribution in [-0.4, -0.2) is 26.1 Å². The molecule has 0 fully saturated rings. The molecule has 4 nitrogen and oxygen atoms in total. The number of carbonyl (C=O) groups is 1. The van der Waals surface area contributed by atoms with Gasteiger partial charge in [0.05, 0.1) is 24.4 Å². The molecule has 0 atom stereocenters. The molecule has 0 spiro atoms. The van der Waals surface area contributed by atoms with Crippen LogP contribution in [0.5, 0.6) is 5.75 Å². The molecule has 1 aromatic rings. The third-order valence-electron chi connectivity index (χ3n) is 3.77. The van der Waals surface area contributed by atoms with Crippen molar-refractivity contribution in [2.45, 2.75) is 32.1 Å². The predicted octanol–water partition coefficient (Wildman–Crippen LogP) is 3.77. The minimum Gasteiger partial charge on any atom is -0.497 e. The Morgan fingerprint density at radius 2 is 2.23 bits per heavy atom. The number of methoxy groups -OCH3 is 1. The molecule has 1 aliphatic carbocycles. The van der Waals surface area contributed by atoms with Crippen molar-refractivity contribution in [1.82, 2.24) is 5.32 Å². The first kappa shape index (κ1) is 16.7. The summed E-state index contributed by atoms with van der Waals surface area (Å²) in [6.45, 7) is 0.893. The summed E-state index contributed by atoms with van der Waals surface area (Å²) in [4.78, 5) is 11.9. The summed E-state index contributed by atoms with van der Waals surface area (Å²) >= 11 is 6.09. The Balaban J connectivity index is 1.72. The Bertz CT molecular complexity index is 543. The summed E-state index contributed by atoms with van der Waals surface area (Å²) in [5.74, 6) is 0.673. The first-order chi connectivity index (χ1) is 10.7. The van der Waals surface area contributed by atoms with Gasteiger partial charge in [-0.15, -0.1) is 0 Å². The molecule has 0 unspecified atom stereocenters. The van der Waals surface area contributed by atoms with Gasteiger partial charge in [-0.2, -0.15) is 0 Å². The van der Waals surface area contributed by atoms with Gasteiger partial charge < -0.3 is 15.4 Å². The van der Waals surface area contributed by atoms with Gasteiger partial charge in [-0.3, -0.25) is 4.79 Å². The maximum atomic E-state index is 11.9. The Morgan fingerprint density at radius 3 is 2.95 bits per heavy atom. The van der Waals surface area contributed by atoms with Gasteiger partial charge in [0.25, 0.3) is 0 Å². The number of hydrogen-bond donors (Lipinski definition) is 2. The van der Waals surface area contributed by atoms with Crippen LogP contribution >= 0.6 is 11.6 Å². The van der Waals surface area contributed by atoms with Crippen molar-refractivity contribution < 1.29 is 9.53 Å². The summed E-state index contributed by atoms with van der Waals surface area (Å²) < 4.78 is 5.14. The number of allylic oxidation sites excluding steroid dienone is 1. The van der Waals surface area contributed by atoms with Gasteiger partial charge in [-0.25, -0.2) is 0 Å². The molecule has 0 bridgehead atoms. The standard InChI is InChI=1S/C17H23ClN2O2/c1-22-14-7-8-15(18)16(11-14)20-12-17(21)19-10-9-13-5-3-2-4-6-13/h5,7-8,11,20H,2-4,6,9-10,12H2,1H3,(H,19,21). The summed E-state index contributed by atoms with van der Waals surface area (Å²) in [5, 5.41) is 6.54. The van der Waals surface area contributed by atoms with Crippen molar-refractivity contribution in [2.75, 3.05) is 25.5 Å². The van der Waals surface area contributed by atoms with Gasteiger partial charge in [0, 0.05) is 12.6 Å². The molecule has 5 heteroatoms. The Hall–Kier alpha value is -1.68. The van der Waals surface area contributed by atoms with Crippen LogP contribution in [0.4, 0.5) is 5.69 Å². The third-order valence-corrected chi connectivity index (χ3v) is 4.10. The summed E-state index contributed by atoms with van der Waals surface area (Å²) in [6.07, 6.45) is 8.18. The Kier molecular flexibility index (Phi) is 6.59. The van der Waals surface area contributed by atoms with Gasteiger partial charge in [0.1, 0.15) is 5.75 Å². The monoisotopic (exact) mass is 322 g/mol. The predicted molar refractivity (Wildman–Crippen MR) is 90.7 cm³/mol. The smallest absolute Gasteiger partial charge is 0.239 e. The first-order valence-corrected chi connectivity index (χ1v) is 8.09. The highest BCUT2D eigenvalue weighted by molar-refractivity contribution is 6.33. The van der Waals surface area contributed by atoms with Crippen LogP contribution in [0.2, 0.25) is 5.02 Å². The van der Waals surface area contributed by atoms with E-state index in [0.717, 1.165) is 6.42 Å². The van der Waals surface area contributed by atoms with E-state index in [1.807, 2.05) is 0 Å². The van der Waals surface area contributed by atoms with Crippen LogP contribution in [0.1, 0.15) is 32.1 Å². The largest absolute Gasteiger partial charge is 0.497 e. The highest BCUT2D eigenvalue weighted by Crippen LogP contribution is 2.26. The molecular weight excluding hydrogens is 300 g/mol. The van der Waals surface area contributed by atoms with E-state index in [0.29, 0.717) is 23.0 Å². The van der Waals surface area contributed by atoms with E-state index in [1.54, 1.807) is 25.3 Å². The molecule has 2 N–H and O–H groups in total. The number of amides is 1. The average Bonchev–Trinajstić information content (AvgIpc) is 2.55. The van der Waals surface area contributed by atoms with Crippen molar-refractivity contribution >= 4 is 23.2 Å². The molecule has 1 aliphatic rings. The van der Waals surface area contributed by atoms with E-state index >= 15 is 0 Å². The van der Waals surface area contributed by atoms with Gasteiger partial charge in [-0.05, 0) is 44.2 Å². The zero-order chi connectivity index (χ0) is 15.8. The zero-order valence-corrected chi connectivity index (χ0v) is 13.7. The lowest BCUT2D eigenvalue weighted by molar-refractivity contribution is -0.119.